The molecule has 0 radical (unpaired) electrons. The van der Waals surface area contributed by atoms with Crippen molar-refractivity contribution in [1.82, 2.24) is 4.90 Å². The molecule has 17 heavy (non-hydrogen) atoms. The van der Waals surface area contributed by atoms with Gasteiger partial charge in [0.1, 0.15) is 5.82 Å². The number of nitrogens with two attached hydrogens (primary N) is 1. The third kappa shape index (κ3) is 3.06. The fourth-order valence-electron chi connectivity index (χ4n) is 2.34. The summed E-state index contributed by atoms with van der Waals surface area (Å²) in [6, 6.07) is 5.56. The van der Waals surface area contributed by atoms with Gasteiger partial charge in [-0.15, -0.1) is 0 Å². The topological polar surface area (TPSA) is 29.3 Å². The van der Waals surface area contributed by atoms with Crippen molar-refractivity contribution >= 4 is 15.9 Å². The summed E-state index contributed by atoms with van der Waals surface area (Å²) < 4.78 is 13.9. The predicted molar refractivity (Wildman–Crippen MR) is 71.3 cm³/mol. The average molecular weight is 301 g/mol. The van der Waals surface area contributed by atoms with E-state index >= 15 is 0 Å². The van der Waals surface area contributed by atoms with E-state index in [4.69, 9.17) is 5.73 Å². The molecule has 1 saturated heterocycles. The molecule has 0 aromatic heterocycles. The summed E-state index contributed by atoms with van der Waals surface area (Å²) >= 11 is 3.43. The second kappa shape index (κ2) is 5.46. The maximum Gasteiger partial charge on any atom is 0.124 e. The molecule has 2 N–H and O–H groups in total. The SMILES string of the molecule is CC(c1ccc(F)cc1Br)N1CCC(N)CC1. The Morgan fingerprint density at radius 2 is 2.06 bits per heavy atom. The minimum Gasteiger partial charge on any atom is -0.328 e. The van der Waals surface area contributed by atoms with Gasteiger partial charge < -0.3 is 5.73 Å². The van der Waals surface area contributed by atoms with Crippen LogP contribution in [0.2, 0.25) is 0 Å². The first-order valence-corrected chi connectivity index (χ1v) is 6.82. The maximum atomic E-state index is 13.0. The van der Waals surface area contributed by atoms with Crippen LogP contribution in [0.1, 0.15) is 31.4 Å². The highest BCUT2D eigenvalue weighted by Crippen LogP contribution is 2.29. The molecule has 2 nitrogen and oxygen atoms in total. The summed E-state index contributed by atoms with van der Waals surface area (Å²) in [6.07, 6.45) is 2.09. The minimum absolute atomic E-state index is 0.200. The molecule has 0 amide bonds. The Labute approximate surface area is 110 Å². The molecule has 1 atom stereocenters. The smallest absolute Gasteiger partial charge is 0.124 e. The van der Waals surface area contributed by atoms with Gasteiger partial charge in [-0.2, -0.15) is 0 Å². The summed E-state index contributed by atoms with van der Waals surface area (Å²) in [5.74, 6) is -0.200. The van der Waals surface area contributed by atoms with Crippen LogP contribution in [0.3, 0.4) is 0 Å². The van der Waals surface area contributed by atoms with Gasteiger partial charge in [-0.1, -0.05) is 22.0 Å². The molecule has 4 heteroatoms. The molecule has 1 aliphatic heterocycles. The Kier molecular flexibility index (Phi) is 4.17. The standard InChI is InChI=1S/C13H18BrFN2/c1-9(17-6-4-11(16)5-7-17)12-3-2-10(15)8-13(12)14/h2-3,8-9,11H,4-7,16H2,1H3. The normalized spacial score (nSPS) is 20.5. The van der Waals surface area contributed by atoms with Gasteiger partial charge in [-0.25, -0.2) is 4.39 Å². The van der Waals surface area contributed by atoms with Crippen LogP contribution in [0.4, 0.5) is 4.39 Å². The Balaban J connectivity index is 2.11. The number of nitrogens with zero attached hydrogens (tertiary/aromatic N) is 1. The van der Waals surface area contributed by atoms with Crippen LogP contribution in [0.15, 0.2) is 22.7 Å². The first kappa shape index (κ1) is 13.0. The van der Waals surface area contributed by atoms with Crippen molar-refractivity contribution < 1.29 is 4.39 Å². The molecular formula is C13H18BrFN2. The van der Waals surface area contributed by atoms with Gasteiger partial charge in [0.05, 0.1) is 0 Å². The van der Waals surface area contributed by atoms with E-state index in [1.54, 1.807) is 0 Å². The molecule has 1 aromatic rings. The van der Waals surface area contributed by atoms with E-state index in [0.29, 0.717) is 12.1 Å². The minimum atomic E-state index is -0.200. The Bertz CT molecular complexity index is 389. The van der Waals surface area contributed by atoms with Crippen LogP contribution in [-0.4, -0.2) is 24.0 Å². The number of benzene rings is 1. The van der Waals surface area contributed by atoms with E-state index in [-0.39, 0.29) is 5.82 Å². The summed E-state index contributed by atoms with van der Waals surface area (Å²) in [6.45, 7) is 4.20. The van der Waals surface area contributed by atoms with E-state index in [0.717, 1.165) is 36.0 Å². The number of hydrogen-bond acceptors (Lipinski definition) is 2. The first-order chi connectivity index (χ1) is 8.08. The third-order valence-corrected chi connectivity index (χ3v) is 4.22. The third-order valence-electron chi connectivity index (χ3n) is 3.53. The molecule has 1 heterocycles. The second-order valence-corrected chi connectivity index (χ2v) is 5.57. The zero-order valence-electron chi connectivity index (χ0n) is 10.00. The summed E-state index contributed by atoms with van der Waals surface area (Å²) in [5, 5.41) is 0. The molecule has 1 aliphatic rings. The molecule has 0 bridgehead atoms. The van der Waals surface area contributed by atoms with Crippen molar-refractivity contribution in [1.29, 1.82) is 0 Å². The lowest BCUT2D eigenvalue weighted by molar-refractivity contribution is 0.163. The lowest BCUT2D eigenvalue weighted by Gasteiger charge is -2.35. The monoisotopic (exact) mass is 300 g/mol. The van der Waals surface area contributed by atoms with Crippen molar-refractivity contribution in [3.8, 4) is 0 Å². The van der Waals surface area contributed by atoms with Crippen LogP contribution < -0.4 is 5.73 Å². The number of rotatable bonds is 2. The Morgan fingerprint density at radius 3 is 2.65 bits per heavy atom. The van der Waals surface area contributed by atoms with Crippen molar-refractivity contribution in [2.75, 3.05) is 13.1 Å². The highest BCUT2D eigenvalue weighted by molar-refractivity contribution is 9.10. The number of hydrogen-bond donors (Lipinski definition) is 1. The van der Waals surface area contributed by atoms with E-state index in [2.05, 4.69) is 27.8 Å². The Morgan fingerprint density at radius 1 is 1.41 bits per heavy atom. The number of halogens is 2. The van der Waals surface area contributed by atoms with Crippen LogP contribution >= 0.6 is 15.9 Å². The lowest BCUT2D eigenvalue weighted by atomic mass is 10.0. The van der Waals surface area contributed by atoms with Crippen LogP contribution in [-0.2, 0) is 0 Å². The van der Waals surface area contributed by atoms with Crippen molar-refractivity contribution in [2.24, 2.45) is 5.73 Å². The molecule has 1 unspecified atom stereocenters. The van der Waals surface area contributed by atoms with Crippen molar-refractivity contribution in [2.45, 2.75) is 31.8 Å². The van der Waals surface area contributed by atoms with E-state index in [1.807, 2.05) is 6.07 Å². The lowest BCUT2D eigenvalue weighted by Crippen LogP contribution is -2.40. The van der Waals surface area contributed by atoms with Gasteiger partial charge in [0.2, 0.25) is 0 Å². The zero-order chi connectivity index (χ0) is 12.4. The molecule has 1 aromatic carbocycles. The highest BCUT2D eigenvalue weighted by Gasteiger charge is 2.22. The zero-order valence-corrected chi connectivity index (χ0v) is 11.6. The fraction of sp³-hybridized carbons (Fsp3) is 0.538. The molecule has 1 fully saturated rings. The van der Waals surface area contributed by atoms with Crippen LogP contribution in [0.5, 0.6) is 0 Å². The highest BCUT2D eigenvalue weighted by atomic mass is 79.9. The average Bonchev–Trinajstić information content (AvgIpc) is 2.29. The summed E-state index contributed by atoms with van der Waals surface area (Å²) in [4.78, 5) is 2.40. The van der Waals surface area contributed by atoms with E-state index < -0.39 is 0 Å². The second-order valence-electron chi connectivity index (χ2n) is 4.72. The van der Waals surface area contributed by atoms with Crippen molar-refractivity contribution in [3.05, 3.63) is 34.1 Å². The molecule has 0 aliphatic carbocycles. The van der Waals surface area contributed by atoms with Crippen LogP contribution in [0.25, 0.3) is 0 Å². The fourth-order valence-corrected chi connectivity index (χ4v) is 3.03. The summed E-state index contributed by atoms with van der Waals surface area (Å²) in [7, 11) is 0. The summed E-state index contributed by atoms with van der Waals surface area (Å²) in [5.41, 5.74) is 7.04. The number of likely N-dealkylation sites (tertiary alicyclic amines) is 1. The van der Waals surface area contributed by atoms with E-state index in [1.165, 1.54) is 12.1 Å². The van der Waals surface area contributed by atoms with Crippen molar-refractivity contribution in [3.63, 3.8) is 0 Å². The number of piperidine rings is 1. The van der Waals surface area contributed by atoms with Gasteiger partial charge in [0, 0.05) is 29.6 Å². The van der Waals surface area contributed by atoms with Gasteiger partial charge >= 0.3 is 0 Å². The molecule has 94 valence electrons. The van der Waals surface area contributed by atoms with Gasteiger partial charge in [0.25, 0.3) is 0 Å². The predicted octanol–water partition coefficient (Wildman–Crippen LogP) is 3.07. The molecule has 2 rings (SSSR count). The van der Waals surface area contributed by atoms with E-state index in [9.17, 15) is 4.39 Å². The molecule has 0 spiro atoms. The quantitative estimate of drug-likeness (QED) is 0.909. The van der Waals surface area contributed by atoms with Gasteiger partial charge in [-0.05, 0) is 37.5 Å². The van der Waals surface area contributed by atoms with Crippen LogP contribution in [0, 0.1) is 5.82 Å². The maximum absolute atomic E-state index is 13.0. The molecule has 0 saturated carbocycles. The largest absolute Gasteiger partial charge is 0.328 e. The van der Waals surface area contributed by atoms with Gasteiger partial charge in [0.15, 0.2) is 0 Å². The van der Waals surface area contributed by atoms with Gasteiger partial charge in [-0.3, -0.25) is 4.90 Å². The molecular weight excluding hydrogens is 283 g/mol. The first-order valence-electron chi connectivity index (χ1n) is 6.02. The Hall–Kier alpha value is -0.450.